The average Bonchev–Trinajstić information content (AvgIpc) is 3.45. The van der Waals surface area contributed by atoms with E-state index in [9.17, 15) is 9.59 Å². The predicted octanol–water partition coefficient (Wildman–Crippen LogP) is 4.99. The molecular formula is C24H24ClN3O5. The quantitative estimate of drug-likeness (QED) is 0.495. The number of halogens is 1. The molecule has 172 valence electrons. The van der Waals surface area contributed by atoms with Crippen LogP contribution in [0.3, 0.4) is 0 Å². The van der Waals surface area contributed by atoms with E-state index in [2.05, 4.69) is 10.1 Å². The molecule has 1 amide bonds. The number of carboxylic acids is 1. The van der Waals surface area contributed by atoms with Crippen molar-refractivity contribution < 1.29 is 24.0 Å². The van der Waals surface area contributed by atoms with E-state index in [1.807, 2.05) is 38.1 Å². The summed E-state index contributed by atoms with van der Waals surface area (Å²) in [6.45, 7) is 4.55. The van der Waals surface area contributed by atoms with Gasteiger partial charge in [0.25, 0.3) is 5.89 Å². The zero-order chi connectivity index (χ0) is 23.5. The van der Waals surface area contributed by atoms with Crippen molar-refractivity contribution in [2.75, 3.05) is 11.4 Å². The van der Waals surface area contributed by atoms with Crippen LogP contribution in [0.5, 0.6) is 5.75 Å². The van der Waals surface area contributed by atoms with E-state index in [1.165, 1.54) is 0 Å². The van der Waals surface area contributed by atoms with Gasteiger partial charge in [0.1, 0.15) is 5.75 Å². The fourth-order valence-electron chi connectivity index (χ4n) is 3.64. The van der Waals surface area contributed by atoms with Crippen LogP contribution in [0.15, 0.2) is 40.9 Å². The van der Waals surface area contributed by atoms with Gasteiger partial charge < -0.3 is 19.3 Å². The molecule has 1 atom stereocenters. The molecule has 0 saturated heterocycles. The van der Waals surface area contributed by atoms with Crippen molar-refractivity contribution >= 4 is 29.2 Å². The number of carbonyl (C=O) groups is 2. The lowest BCUT2D eigenvalue weighted by Gasteiger charge is -2.17. The zero-order valence-electron chi connectivity index (χ0n) is 18.4. The first-order valence-electron chi connectivity index (χ1n) is 10.8. The highest BCUT2D eigenvalue weighted by atomic mass is 35.5. The number of hydrogen-bond acceptors (Lipinski definition) is 6. The highest BCUT2D eigenvalue weighted by Gasteiger charge is 2.25. The smallest absolute Gasteiger partial charge is 0.303 e. The van der Waals surface area contributed by atoms with Crippen LogP contribution in [0.2, 0.25) is 5.02 Å². The van der Waals surface area contributed by atoms with Gasteiger partial charge in [-0.25, -0.2) is 0 Å². The van der Waals surface area contributed by atoms with Crippen LogP contribution >= 0.6 is 11.6 Å². The normalized spacial score (nSPS) is 13.6. The molecule has 1 aromatic heterocycles. The minimum atomic E-state index is -0.981. The van der Waals surface area contributed by atoms with Gasteiger partial charge in [0.05, 0.1) is 17.5 Å². The van der Waals surface area contributed by atoms with Crippen LogP contribution in [0.1, 0.15) is 38.7 Å². The Morgan fingerprint density at radius 1 is 1.21 bits per heavy atom. The summed E-state index contributed by atoms with van der Waals surface area (Å²) in [5.74, 6) is 0.205. The number of carbonyl (C=O) groups excluding carboxylic acids is 1. The molecule has 1 unspecified atom stereocenters. The van der Waals surface area contributed by atoms with Crippen LogP contribution in [-0.2, 0) is 16.0 Å². The molecule has 3 aromatic rings. The second kappa shape index (κ2) is 9.62. The van der Waals surface area contributed by atoms with E-state index in [1.54, 1.807) is 17.0 Å². The van der Waals surface area contributed by atoms with E-state index >= 15 is 0 Å². The zero-order valence-corrected chi connectivity index (χ0v) is 19.1. The molecule has 1 aliphatic rings. The molecule has 33 heavy (non-hydrogen) atoms. The van der Waals surface area contributed by atoms with E-state index in [0.717, 1.165) is 23.2 Å². The van der Waals surface area contributed by atoms with Crippen molar-refractivity contribution in [1.82, 2.24) is 10.1 Å². The fourth-order valence-corrected chi connectivity index (χ4v) is 3.86. The van der Waals surface area contributed by atoms with Gasteiger partial charge in [-0.2, -0.15) is 4.98 Å². The summed E-state index contributed by atoms with van der Waals surface area (Å²) >= 11 is 6.37. The third-order valence-corrected chi connectivity index (χ3v) is 5.89. The number of rotatable bonds is 8. The Morgan fingerprint density at radius 2 is 2.00 bits per heavy atom. The molecule has 2 aromatic carbocycles. The van der Waals surface area contributed by atoms with E-state index in [0.29, 0.717) is 41.0 Å². The molecular weight excluding hydrogens is 446 g/mol. The molecule has 0 fully saturated rings. The SMILES string of the molecule is CCC(C)Oc1ccc(-c2nc(-c3ccc4c(c3)CCN4C(=O)CCC(=O)O)no2)cc1Cl. The molecule has 0 saturated carbocycles. The summed E-state index contributed by atoms with van der Waals surface area (Å²) in [6, 6.07) is 10.9. The summed E-state index contributed by atoms with van der Waals surface area (Å²) in [6.07, 6.45) is 1.42. The Kier molecular flexibility index (Phi) is 6.65. The Labute approximate surface area is 196 Å². The lowest BCUT2D eigenvalue weighted by molar-refractivity contribution is -0.138. The average molecular weight is 470 g/mol. The maximum absolute atomic E-state index is 12.4. The third-order valence-electron chi connectivity index (χ3n) is 5.59. The molecule has 0 bridgehead atoms. The maximum atomic E-state index is 12.4. The lowest BCUT2D eigenvalue weighted by atomic mass is 10.1. The van der Waals surface area contributed by atoms with Crippen molar-refractivity contribution in [3.63, 3.8) is 0 Å². The summed E-state index contributed by atoms with van der Waals surface area (Å²) < 4.78 is 11.3. The Hall–Kier alpha value is -3.39. The minimum Gasteiger partial charge on any atom is -0.489 e. The Morgan fingerprint density at radius 3 is 2.73 bits per heavy atom. The van der Waals surface area contributed by atoms with E-state index in [-0.39, 0.29) is 24.9 Å². The van der Waals surface area contributed by atoms with Crippen molar-refractivity contribution in [2.45, 2.75) is 45.6 Å². The summed E-state index contributed by atoms with van der Waals surface area (Å²) in [7, 11) is 0. The highest BCUT2D eigenvalue weighted by Crippen LogP contribution is 2.34. The number of amides is 1. The van der Waals surface area contributed by atoms with Crippen LogP contribution in [0.4, 0.5) is 5.69 Å². The summed E-state index contributed by atoms with van der Waals surface area (Å²) in [5, 5.41) is 13.4. The predicted molar refractivity (Wildman–Crippen MR) is 123 cm³/mol. The molecule has 0 spiro atoms. The number of aromatic nitrogens is 2. The van der Waals surface area contributed by atoms with Gasteiger partial charge in [-0.1, -0.05) is 23.7 Å². The molecule has 9 heteroatoms. The van der Waals surface area contributed by atoms with Crippen molar-refractivity contribution in [3.8, 4) is 28.6 Å². The van der Waals surface area contributed by atoms with Gasteiger partial charge in [0.15, 0.2) is 0 Å². The Balaban J connectivity index is 1.51. The number of ether oxygens (including phenoxy) is 1. The second-order valence-corrected chi connectivity index (χ2v) is 8.34. The number of fused-ring (bicyclic) bond motifs is 1. The number of carboxylic acid groups (broad SMARTS) is 1. The van der Waals surface area contributed by atoms with Crippen LogP contribution in [-0.4, -0.2) is 39.8 Å². The molecule has 0 radical (unpaired) electrons. The van der Waals surface area contributed by atoms with Gasteiger partial charge in [0, 0.05) is 29.8 Å². The number of aliphatic carboxylic acids is 1. The molecule has 2 heterocycles. The summed E-state index contributed by atoms with van der Waals surface area (Å²) in [4.78, 5) is 29.2. The minimum absolute atomic E-state index is 0.0194. The number of nitrogens with zero attached hydrogens (tertiary/aromatic N) is 3. The van der Waals surface area contributed by atoms with Crippen LogP contribution < -0.4 is 9.64 Å². The molecule has 8 nitrogen and oxygen atoms in total. The first kappa shape index (κ1) is 22.8. The fraction of sp³-hybridized carbons (Fsp3) is 0.333. The topological polar surface area (TPSA) is 106 Å². The molecule has 1 N–H and O–H groups in total. The van der Waals surface area contributed by atoms with Gasteiger partial charge in [-0.15, -0.1) is 0 Å². The van der Waals surface area contributed by atoms with Crippen molar-refractivity contribution in [3.05, 3.63) is 47.0 Å². The van der Waals surface area contributed by atoms with Crippen molar-refractivity contribution in [1.29, 1.82) is 0 Å². The van der Waals surface area contributed by atoms with Gasteiger partial charge in [0.2, 0.25) is 11.7 Å². The van der Waals surface area contributed by atoms with Crippen LogP contribution in [0.25, 0.3) is 22.8 Å². The monoisotopic (exact) mass is 469 g/mol. The third kappa shape index (κ3) is 5.01. The summed E-state index contributed by atoms with van der Waals surface area (Å²) in [5.41, 5.74) is 3.23. The van der Waals surface area contributed by atoms with E-state index < -0.39 is 5.97 Å². The second-order valence-electron chi connectivity index (χ2n) is 7.94. The van der Waals surface area contributed by atoms with Gasteiger partial charge >= 0.3 is 5.97 Å². The Bertz CT molecular complexity index is 1190. The first-order chi connectivity index (χ1) is 15.9. The number of anilines is 1. The maximum Gasteiger partial charge on any atom is 0.303 e. The first-order valence-corrected chi connectivity index (χ1v) is 11.2. The standard InChI is InChI=1S/C24H24ClN3O5/c1-3-14(2)32-20-7-5-17(13-18(20)25)24-26-23(27-33-24)16-4-6-19-15(12-16)10-11-28(19)21(29)8-9-22(30)31/h4-7,12-14H,3,8-11H2,1-2H3,(H,30,31). The highest BCUT2D eigenvalue weighted by molar-refractivity contribution is 6.32. The van der Waals surface area contributed by atoms with Crippen LogP contribution in [0, 0.1) is 0 Å². The lowest BCUT2D eigenvalue weighted by Crippen LogP contribution is -2.29. The number of hydrogen-bond donors (Lipinski definition) is 1. The van der Waals surface area contributed by atoms with Gasteiger partial charge in [-0.05, 0) is 61.7 Å². The number of benzene rings is 2. The molecule has 4 rings (SSSR count). The molecule has 0 aliphatic carbocycles. The molecule has 1 aliphatic heterocycles. The van der Waals surface area contributed by atoms with E-state index in [4.69, 9.17) is 26.0 Å². The largest absolute Gasteiger partial charge is 0.489 e. The van der Waals surface area contributed by atoms with Crippen molar-refractivity contribution in [2.24, 2.45) is 0 Å². The van der Waals surface area contributed by atoms with Gasteiger partial charge in [-0.3, -0.25) is 9.59 Å².